The molecule has 0 fully saturated rings. The van der Waals surface area contributed by atoms with Crippen molar-refractivity contribution < 1.29 is 23.7 Å². The highest BCUT2D eigenvalue weighted by molar-refractivity contribution is 5.94. The summed E-state index contributed by atoms with van der Waals surface area (Å²) in [6.45, 7) is 1.43. The third-order valence-electron chi connectivity index (χ3n) is 4.53. The zero-order valence-electron chi connectivity index (χ0n) is 17.0. The second-order valence-corrected chi connectivity index (χ2v) is 6.18. The number of hydrogen-bond donors (Lipinski definition) is 1. The van der Waals surface area contributed by atoms with E-state index in [1.807, 2.05) is 24.3 Å². The minimum absolute atomic E-state index is 0.209. The lowest BCUT2D eigenvalue weighted by atomic mass is 9.99. The fourth-order valence-corrected chi connectivity index (χ4v) is 3.19. The molecule has 0 aliphatic carbocycles. The van der Waals surface area contributed by atoms with Gasteiger partial charge in [-0.15, -0.1) is 5.10 Å². The molecule has 8 heteroatoms. The topological polar surface area (TPSA) is 97.8 Å². The Labute approximate surface area is 168 Å². The molecule has 2 N–H and O–H groups in total. The van der Waals surface area contributed by atoms with E-state index in [-0.39, 0.29) is 11.7 Å². The Morgan fingerprint density at radius 2 is 1.48 bits per heavy atom. The summed E-state index contributed by atoms with van der Waals surface area (Å²) in [6.07, 6.45) is 0. The van der Waals surface area contributed by atoms with Crippen LogP contribution in [0.25, 0.3) is 22.4 Å². The van der Waals surface area contributed by atoms with Gasteiger partial charge >= 0.3 is 0 Å². The Morgan fingerprint density at radius 1 is 0.897 bits per heavy atom. The van der Waals surface area contributed by atoms with Gasteiger partial charge in [0.05, 0.1) is 39.7 Å². The summed E-state index contributed by atoms with van der Waals surface area (Å²) in [4.78, 5) is 12.3. The highest BCUT2D eigenvalue weighted by Gasteiger charge is 2.24. The number of nitrogens with zero attached hydrogens (tertiary/aromatic N) is 2. The van der Waals surface area contributed by atoms with Crippen LogP contribution >= 0.6 is 0 Å². The van der Waals surface area contributed by atoms with Gasteiger partial charge in [0.2, 0.25) is 11.7 Å². The van der Waals surface area contributed by atoms with Crippen molar-refractivity contribution in [2.75, 3.05) is 34.2 Å². The molecule has 0 radical (unpaired) electrons. The van der Waals surface area contributed by atoms with Crippen molar-refractivity contribution in [1.29, 1.82) is 0 Å². The number of carbonyl (C=O) groups excluding carboxylic acids is 1. The van der Waals surface area contributed by atoms with E-state index >= 15 is 0 Å². The van der Waals surface area contributed by atoms with Crippen LogP contribution in [0.3, 0.4) is 0 Å². The van der Waals surface area contributed by atoms with Gasteiger partial charge in [-0.1, -0.05) is 0 Å². The molecule has 8 nitrogen and oxygen atoms in total. The van der Waals surface area contributed by atoms with Gasteiger partial charge in [0.15, 0.2) is 17.3 Å². The molecule has 152 valence electrons. The van der Waals surface area contributed by atoms with Crippen molar-refractivity contribution in [3.63, 3.8) is 0 Å². The molecule has 2 aromatic carbocycles. The van der Waals surface area contributed by atoms with Crippen LogP contribution in [-0.2, 0) is 0 Å². The lowest BCUT2D eigenvalue weighted by Gasteiger charge is -2.15. The first-order valence-electron chi connectivity index (χ1n) is 8.79. The summed E-state index contributed by atoms with van der Waals surface area (Å²) in [7, 11) is 6.20. The average molecular weight is 397 g/mol. The predicted molar refractivity (Wildman–Crippen MR) is 110 cm³/mol. The minimum Gasteiger partial charge on any atom is -0.497 e. The van der Waals surface area contributed by atoms with Crippen LogP contribution in [0.5, 0.6) is 23.0 Å². The van der Waals surface area contributed by atoms with Crippen LogP contribution in [0, 0.1) is 0 Å². The normalized spacial score (nSPS) is 10.5. The molecule has 0 unspecified atom stereocenters. The molecular weight excluding hydrogens is 374 g/mol. The molecular formula is C21H23N3O5. The van der Waals surface area contributed by atoms with Gasteiger partial charge in [-0.25, -0.2) is 0 Å². The van der Waals surface area contributed by atoms with Crippen molar-refractivity contribution in [2.24, 2.45) is 0 Å². The number of methoxy groups -OCH3 is 4. The van der Waals surface area contributed by atoms with Gasteiger partial charge in [-0.2, -0.15) is 4.68 Å². The maximum absolute atomic E-state index is 12.3. The number of hydrogen-bond acceptors (Lipinski definition) is 7. The first-order valence-corrected chi connectivity index (χ1v) is 8.79. The number of anilines is 1. The Bertz CT molecular complexity index is 1020. The summed E-state index contributed by atoms with van der Waals surface area (Å²) in [5.74, 6) is 2.05. The number of nitrogens with two attached hydrogens (primary N) is 1. The van der Waals surface area contributed by atoms with Gasteiger partial charge in [0, 0.05) is 12.5 Å². The molecule has 0 saturated carbocycles. The second-order valence-electron chi connectivity index (χ2n) is 6.18. The Balaban J connectivity index is 2.31. The highest BCUT2D eigenvalue weighted by Crippen LogP contribution is 2.45. The molecule has 0 bridgehead atoms. The van der Waals surface area contributed by atoms with E-state index in [4.69, 9.17) is 24.7 Å². The summed E-state index contributed by atoms with van der Waals surface area (Å²) in [6, 6.07) is 10.8. The molecule has 0 amide bonds. The van der Waals surface area contributed by atoms with Crippen molar-refractivity contribution in [1.82, 2.24) is 9.78 Å². The quantitative estimate of drug-likeness (QED) is 0.680. The smallest absolute Gasteiger partial charge is 0.244 e. The van der Waals surface area contributed by atoms with E-state index in [9.17, 15) is 4.79 Å². The lowest BCUT2D eigenvalue weighted by Crippen LogP contribution is -2.09. The van der Waals surface area contributed by atoms with Crippen LogP contribution in [-0.4, -0.2) is 44.1 Å². The van der Waals surface area contributed by atoms with Crippen LogP contribution in [0.2, 0.25) is 0 Å². The molecule has 3 aromatic rings. The fourth-order valence-electron chi connectivity index (χ4n) is 3.19. The van der Waals surface area contributed by atoms with Crippen LogP contribution < -0.4 is 24.7 Å². The van der Waals surface area contributed by atoms with E-state index in [1.54, 1.807) is 19.2 Å². The first-order chi connectivity index (χ1) is 13.9. The van der Waals surface area contributed by atoms with E-state index < -0.39 is 0 Å². The van der Waals surface area contributed by atoms with Crippen LogP contribution in [0.15, 0.2) is 36.4 Å². The Kier molecular flexibility index (Phi) is 5.63. The third-order valence-corrected chi connectivity index (χ3v) is 4.53. The number of nitrogen functional groups attached to an aromatic ring is 1. The molecule has 1 aromatic heterocycles. The number of benzene rings is 2. The van der Waals surface area contributed by atoms with Crippen molar-refractivity contribution in [3.05, 3.63) is 36.4 Å². The molecule has 0 saturated heterocycles. The number of aromatic nitrogens is 2. The lowest BCUT2D eigenvalue weighted by molar-refractivity contribution is 0.0923. The average Bonchev–Trinajstić information content (AvgIpc) is 3.10. The molecule has 0 atom stereocenters. The predicted octanol–water partition coefficient (Wildman–Crippen LogP) is 3.49. The van der Waals surface area contributed by atoms with E-state index in [1.165, 1.54) is 32.9 Å². The third kappa shape index (κ3) is 3.56. The van der Waals surface area contributed by atoms with Crippen molar-refractivity contribution in [2.45, 2.75) is 6.92 Å². The summed E-state index contributed by atoms with van der Waals surface area (Å²) in [5, 5.41) is 4.26. The van der Waals surface area contributed by atoms with Crippen LogP contribution in [0.4, 0.5) is 5.82 Å². The van der Waals surface area contributed by atoms with E-state index in [2.05, 4.69) is 5.10 Å². The highest BCUT2D eigenvalue weighted by atomic mass is 16.5. The summed E-state index contributed by atoms with van der Waals surface area (Å²) < 4.78 is 22.8. The zero-order valence-corrected chi connectivity index (χ0v) is 17.0. The SMILES string of the molecule is COc1ccc(-c2c(-c3cc(OC)c(OC)c(OC)c3)c(N)nn2C(C)=O)cc1. The largest absolute Gasteiger partial charge is 0.497 e. The van der Waals surface area contributed by atoms with Gasteiger partial charge in [0.1, 0.15) is 5.75 Å². The van der Waals surface area contributed by atoms with Gasteiger partial charge in [-0.3, -0.25) is 4.79 Å². The van der Waals surface area contributed by atoms with E-state index in [0.29, 0.717) is 39.8 Å². The number of carbonyl (C=O) groups is 1. The molecule has 0 aliphatic heterocycles. The maximum Gasteiger partial charge on any atom is 0.244 e. The van der Waals surface area contributed by atoms with Crippen molar-refractivity contribution in [3.8, 4) is 45.4 Å². The first kappa shape index (κ1) is 20.1. The van der Waals surface area contributed by atoms with E-state index in [0.717, 1.165) is 5.56 Å². The van der Waals surface area contributed by atoms with Gasteiger partial charge in [0.25, 0.3) is 0 Å². The zero-order chi connectivity index (χ0) is 21.1. The molecule has 29 heavy (non-hydrogen) atoms. The molecule has 0 spiro atoms. The maximum atomic E-state index is 12.3. The Morgan fingerprint density at radius 3 is 1.93 bits per heavy atom. The summed E-state index contributed by atoms with van der Waals surface area (Å²) in [5.41, 5.74) is 8.82. The number of rotatable bonds is 6. The number of ether oxygens (including phenoxy) is 4. The summed E-state index contributed by atoms with van der Waals surface area (Å²) >= 11 is 0. The second kappa shape index (κ2) is 8.14. The molecule has 1 heterocycles. The van der Waals surface area contributed by atoms with Crippen molar-refractivity contribution >= 4 is 11.7 Å². The minimum atomic E-state index is -0.263. The van der Waals surface area contributed by atoms with Gasteiger partial charge in [-0.05, 0) is 42.0 Å². The molecule has 0 aliphatic rings. The Hall–Kier alpha value is -3.68. The standard InChI is InChI=1S/C21H23N3O5/c1-12(25)24-19(13-6-8-15(26-2)9-7-13)18(21(22)23-24)14-10-16(27-3)20(29-5)17(11-14)28-4/h6-11H,1-5H3,(H2,22,23). The van der Waals surface area contributed by atoms with Crippen LogP contribution in [0.1, 0.15) is 11.7 Å². The fraction of sp³-hybridized carbons (Fsp3) is 0.238. The monoisotopic (exact) mass is 397 g/mol. The van der Waals surface area contributed by atoms with Gasteiger partial charge < -0.3 is 24.7 Å². The molecule has 3 rings (SSSR count).